The summed E-state index contributed by atoms with van der Waals surface area (Å²) < 4.78 is 47.2. The third-order valence-electron chi connectivity index (χ3n) is 7.27. The third-order valence-corrected chi connectivity index (χ3v) is 7.59. The van der Waals surface area contributed by atoms with E-state index >= 15 is 0 Å². The van der Waals surface area contributed by atoms with Gasteiger partial charge >= 0.3 is 6.03 Å². The highest BCUT2D eigenvalue weighted by atomic mass is 35.5. The van der Waals surface area contributed by atoms with Crippen molar-refractivity contribution < 1.29 is 27.3 Å². The van der Waals surface area contributed by atoms with Crippen LogP contribution in [0.25, 0.3) is 11.3 Å². The number of aryl methyl sites for hydroxylation is 1. The number of urea groups is 1. The smallest absolute Gasteiger partial charge is 0.321 e. The first kappa shape index (κ1) is 30.1. The molecule has 3 aromatic carbocycles. The van der Waals surface area contributed by atoms with Crippen LogP contribution in [0.4, 0.5) is 23.7 Å². The summed E-state index contributed by atoms with van der Waals surface area (Å²) in [6, 6.07) is 15.4. The first-order valence-corrected chi connectivity index (χ1v) is 14.1. The second-order valence-corrected chi connectivity index (χ2v) is 10.6. The number of anilines is 1. The summed E-state index contributed by atoms with van der Waals surface area (Å²) >= 11 is 6.29. The normalized spacial score (nSPS) is 13.7. The molecule has 224 valence electrons. The van der Waals surface area contributed by atoms with Crippen LogP contribution in [-0.4, -0.2) is 71.1 Å². The number of hydrogen-bond acceptors (Lipinski definition) is 5. The molecule has 0 spiro atoms. The Morgan fingerprint density at radius 3 is 2.40 bits per heavy atom. The first-order chi connectivity index (χ1) is 20.7. The molecule has 8 nitrogen and oxygen atoms in total. The summed E-state index contributed by atoms with van der Waals surface area (Å²) in [5, 5.41) is 6.77. The highest BCUT2D eigenvalue weighted by Gasteiger charge is 2.30. The van der Waals surface area contributed by atoms with E-state index in [2.05, 4.69) is 15.4 Å². The van der Waals surface area contributed by atoms with Gasteiger partial charge in [0.1, 0.15) is 34.5 Å². The zero-order chi connectivity index (χ0) is 30.5. The van der Waals surface area contributed by atoms with E-state index in [1.807, 2.05) is 0 Å². The molecular weight excluding hydrogens is 583 g/mol. The van der Waals surface area contributed by atoms with Gasteiger partial charge in [-0.25, -0.2) is 18.0 Å². The van der Waals surface area contributed by atoms with E-state index < -0.39 is 23.4 Å². The average Bonchev–Trinajstić information content (AvgIpc) is 3.36. The molecule has 3 amide bonds. The van der Waals surface area contributed by atoms with Gasteiger partial charge in [-0.1, -0.05) is 41.0 Å². The summed E-state index contributed by atoms with van der Waals surface area (Å²) in [5.41, 5.74) is 1.15. The molecule has 0 atom stereocenters. The van der Waals surface area contributed by atoms with Crippen molar-refractivity contribution >= 4 is 29.2 Å². The number of nitrogens with zero attached hydrogens (tertiary/aromatic N) is 4. The van der Waals surface area contributed by atoms with Gasteiger partial charge in [0.2, 0.25) is 0 Å². The molecule has 12 heteroatoms. The van der Waals surface area contributed by atoms with E-state index in [0.29, 0.717) is 44.0 Å². The van der Waals surface area contributed by atoms with Crippen LogP contribution in [0.2, 0.25) is 5.02 Å². The lowest BCUT2D eigenvalue weighted by Gasteiger charge is -2.35. The molecule has 43 heavy (non-hydrogen) atoms. The predicted octanol–water partition coefficient (Wildman–Crippen LogP) is 6.21. The minimum absolute atomic E-state index is 0.00706. The number of hydrogen-bond donors (Lipinski definition) is 1. The molecule has 2 heterocycles. The second-order valence-electron chi connectivity index (χ2n) is 10.2. The first-order valence-electron chi connectivity index (χ1n) is 13.7. The van der Waals surface area contributed by atoms with Crippen LogP contribution in [0, 0.1) is 24.4 Å². The van der Waals surface area contributed by atoms with Crippen molar-refractivity contribution in [1.29, 1.82) is 0 Å². The standard InChI is InChI=1S/C31H29ClF3N5O3/c1-20-27(29(37-43-20)28-25(32)6-3-7-26(28)35)30(41)40(19-21-8-10-22(33)11-9-21)17-14-38-12-15-39(16-13-38)31(42)36-24-5-2-4-23(34)18-24/h2-11,18H,12-17,19H2,1H3,(H,36,42). The summed E-state index contributed by atoms with van der Waals surface area (Å²) in [5.74, 6) is -1.70. The fraction of sp³-hybridized carbons (Fsp3) is 0.258. The maximum atomic E-state index is 14.8. The molecule has 5 rings (SSSR count). The molecule has 0 unspecified atom stereocenters. The van der Waals surface area contributed by atoms with Crippen molar-refractivity contribution in [2.24, 2.45) is 0 Å². The second kappa shape index (κ2) is 13.3. The Balaban J connectivity index is 1.29. The van der Waals surface area contributed by atoms with Gasteiger partial charge in [0, 0.05) is 51.5 Å². The van der Waals surface area contributed by atoms with Gasteiger partial charge < -0.3 is 19.6 Å². The van der Waals surface area contributed by atoms with Crippen LogP contribution in [0.1, 0.15) is 21.7 Å². The Kier molecular flexibility index (Phi) is 9.32. The number of amides is 3. The van der Waals surface area contributed by atoms with E-state index in [0.717, 1.165) is 0 Å². The van der Waals surface area contributed by atoms with Gasteiger partial charge in [-0.3, -0.25) is 9.69 Å². The highest BCUT2D eigenvalue weighted by Crippen LogP contribution is 2.34. The van der Waals surface area contributed by atoms with Gasteiger partial charge in [0.05, 0.1) is 10.6 Å². The Bertz CT molecular complexity index is 1590. The third kappa shape index (κ3) is 7.18. The zero-order valence-electron chi connectivity index (χ0n) is 23.3. The Hall–Kier alpha value is -4.35. The highest BCUT2D eigenvalue weighted by molar-refractivity contribution is 6.33. The molecule has 1 aliphatic heterocycles. The molecule has 1 aliphatic rings. The van der Waals surface area contributed by atoms with Crippen LogP contribution in [0.15, 0.2) is 71.3 Å². The van der Waals surface area contributed by atoms with Crippen molar-refractivity contribution in [3.05, 3.63) is 106 Å². The van der Waals surface area contributed by atoms with Crippen molar-refractivity contribution in [3.63, 3.8) is 0 Å². The molecule has 0 radical (unpaired) electrons. The van der Waals surface area contributed by atoms with Gasteiger partial charge in [0.25, 0.3) is 5.91 Å². The lowest BCUT2D eigenvalue weighted by atomic mass is 10.0. The molecule has 4 aromatic rings. The summed E-state index contributed by atoms with van der Waals surface area (Å²) in [6.07, 6.45) is 0. The van der Waals surface area contributed by atoms with Crippen LogP contribution in [-0.2, 0) is 6.54 Å². The van der Waals surface area contributed by atoms with Crippen molar-refractivity contribution in [3.8, 4) is 11.3 Å². The lowest BCUT2D eigenvalue weighted by Crippen LogP contribution is -2.51. The molecule has 0 aliphatic carbocycles. The molecule has 1 aromatic heterocycles. The van der Waals surface area contributed by atoms with Crippen LogP contribution >= 0.6 is 11.6 Å². The average molecular weight is 612 g/mol. The molecule has 1 N–H and O–H groups in total. The number of aromatic nitrogens is 1. The van der Waals surface area contributed by atoms with Crippen LogP contribution in [0.5, 0.6) is 0 Å². The van der Waals surface area contributed by atoms with E-state index in [-0.39, 0.29) is 46.7 Å². The fourth-order valence-corrected chi connectivity index (χ4v) is 5.20. The van der Waals surface area contributed by atoms with Crippen molar-refractivity contribution in [2.75, 3.05) is 44.6 Å². The van der Waals surface area contributed by atoms with Gasteiger partial charge in [-0.15, -0.1) is 0 Å². The number of benzene rings is 3. The number of nitrogens with one attached hydrogen (secondary N) is 1. The molecule has 0 saturated carbocycles. The molecule has 1 saturated heterocycles. The summed E-state index contributed by atoms with van der Waals surface area (Å²) in [6.45, 7) is 4.47. The molecule has 0 bridgehead atoms. The number of carbonyl (C=O) groups excluding carboxylic acids is 2. The SMILES string of the molecule is Cc1onc(-c2c(F)cccc2Cl)c1C(=O)N(CCN1CCN(C(=O)Nc2cccc(F)c2)CC1)Cc1ccc(F)cc1. The maximum absolute atomic E-state index is 14.8. The monoisotopic (exact) mass is 611 g/mol. The quantitative estimate of drug-likeness (QED) is 0.256. The van der Waals surface area contributed by atoms with E-state index in [1.165, 1.54) is 48.5 Å². The largest absolute Gasteiger partial charge is 0.360 e. The Morgan fingerprint density at radius 2 is 1.70 bits per heavy atom. The van der Waals surface area contributed by atoms with Crippen molar-refractivity contribution in [1.82, 2.24) is 19.9 Å². The summed E-state index contributed by atoms with van der Waals surface area (Å²) in [7, 11) is 0. The van der Waals surface area contributed by atoms with Crippen molar-refractivity contribution in [2.45, 2.75) is 13.5 Å². The van der Waals surface area contributed by atoms with Crippen LogP contribution < -0.4 is 5.32 Å². The maximum Gasteiger partial charge on any atom is 0.321 e. The van der Waals surface area contributed by atoms with Crippen LogP contribution in [0.3, 0.4) is 0 Å². The van der Waals surface area contributed by atoms with Gasteiger partial charge in [-0.2, -0.15) is 0 Å². The number of carbonyl (C=O) groups is 2. The number of halogens is 4. The van der Waals surface area contributed by atoms with Gasteiger partial charge in [-0.05, 0) is 55.0 Å². The minimum atomic E-state index is -0.640. The molecule has 1 fully saturated rings. The van der Waals surface area contributed by atoms with Gasteiger partial charge in [0.15, 0.2) is 0 Å². The zero-order valence-corrected chi connectivity index (χ0v) is 24.1. The Labute approximate surface area is 251 Å². The Morgan fingerprint density at radius 1 is 0.977 bits per heavy atom. The molecular formula is C31H29ClF3N5O3. The topological polar surface area (TPSA) is 81.9 Å². The van der Waals surface area contributed by atoms with E-state index in [9.17, 15) is 22.8 Å². The van der Waals surface area contributed by atoms with E-state index in [1.54, 1.807) is 34.9 Å². The lowest BCUT2D eigenvalue weighted by molar-refractivity contribution is 0.0703. The summed E-state index contributed by atoms with van der Waals surface area (Å²) in [4.78, 5) is 32.0. The predicted molar refractivity (Wildman–Crippen MR) is 156 cm³/mol. The number of rotatable bonds is 8. The fourth-order valence-electron chi connectivity index (χ4n) is 4.94. The van der Waals surface area contributed by atoms with E-state index in [4.69, 9.17) is 16.1 Å². The number of piperazine rings is 1. The minimum Gasteiger partial charge on any atom is -0.360 e.